The van der Waals surface area contributed by atoms with Gasteiger partial charge in [0.25, 0.3) is 0 Å². The van der Waals surface area contributed by atoms with Crippen LogP contribution in [-0.2, 0) is 14.3 Å². The predicted octanol–water partition coefficient (Wildman–Crippen LogP) is -1.50. The maximum Gasteiger partial charge on any atom is 0.307 e. The third-order valence-electron chi connectivity index (χ3n) is 1.80. The summed E-state index contributed by atoms with van der Waals surface area (Å²) in [6, 6.07) is 0. The van der Waals surface area contributed by atoms with Crippen LogP contribution in [0.4, 0.5) is 0 Å². The standard InChI is InChI=1S/C8H12O6/c1-4(10)14-6-3-13-5(2-9)7(11)8(6)12/h3,5,7-9,11-12H,2H2,1H3/t5-,7-,8-/m1/s1. The highest BCUT2D eigenvalue weighted by Gasteiger charge is 2.35. The van der Waals surface area contributed by atoms with Crippen molar-refractivity contribution in [2.45, 2.75) is 25.2 Å². The summed E-state index contributed by atoms with van der Waals surface area (Å²) in [6.07, 6.45) is -2.55. The van der Waals surface area contributed by atoms with Crippen LogP contribution in [0, 0.1) is 0 Å². The summed E-state index contributed by atoms with van der Waals surface area (Å²) in [5, 5.41) is 27.5. The van der Waals surface area contributed by atoms with Gasteiger partial charge in [-0.3, -0.25) is 4.79 Å². The van der Waals surface area contributed by atoms with Crippen molar-refractivity contribution in [1.82, 2.24) is 0 Å². The van der Waals surface area contributed by atoms with Crippen molar-refractivity contribution in [1.29, 1.82) is 0 Å². The number of rotatable bonds is 2. The molecule has 0 radical (unpaired) electrons. The van der Waals surface area contributed by atoms with Gasteiger partial charge in [0.2, 0.25) is 0 Å². The van der Waals surface area contributed by atoms with Gasteiger partial charge < -0.3 is 24.8 Å². The first-order valence-electron chi connectivity index (χ1n) is 4.07. The Morgan fingerprint density at radius 2 is 2.29 bits per heavy atom. The quantitative estimate of drug-likeness (QED) is 0.474. The number of hydrogen-bond donors (Lipinski definition) is 3. The molecular weight excluding hydrogens is 192 g/mol. The lowest BCUT2D eigenvalue weighted by atomic mass is 10.1. The van der Waals surface area contributed by atoms with E-state index >= 15 is 0 Å². The number of hydrogen-bond acceptors (Lipinski definition) is 6. The van der Waals surface area contributed by atoms with Crippen LogP contribution in [0.25, 0.3) is 0 Å². The Morgan fingerprint density at radius 3 is 2.79 bits per heavy atom. The van der Waals surface area contributed by atoms with Gasteiger partial charge in [0.15, 0.2) is 5.76 Å². The van der Waals surface area contributed by atoms with Gasteiger partial charge >= 0.3 is 5.97 Å². The summed E-state index contributed by atoms with van der Waals surface area (Å²) in [5.74, 6) is -0.775. The molecule has 0 saturated carbocycles. The van der Waals surface area contributed by atoms with Crippen LogP contribution in [-0.4, -0.2) is 46.2 Å². The monoisotopic (exact) mass is 204 g/mol. The number of aliphatic hydroxyl groups is 3. The SMILES string of the molecule is CC(=O)OC1=CO[C@H](CO)[C@@H](O)[C@@H]1O. The van der Waals surface area contributed by atoms with Crippen LogP contribution in [0.15, 0.2) is 12.0 Å². The third-order valence-corrected chi connectivity index (χ3v) is 1.80. The van der Waals surface area contributed by atoms with Crippen molar-refractivity contribution in [3.63, 3.8) is 0 Å². The molecule has 0 saturated heterocycles. The third kappa shape index (κ3) is 2.22. The summed E-state index contributed by atoms with van der Waals surface area (Å²) < 4.78 is 9.40. The number of aliphatic hydroxyl groups excluding tert-OH is 3. The summed E-state index contributed by atoms with van der Waals surface area (Å²) in [6.45, 7) is 0.736. The lowest BCUT2D eigenvalue weighted by molar-refractivity contribution is -0.146. The molecule has 0 aliphatic carbocycles. The molecular formula is C8H12O6. The molecule has 1 heterocycles. The molecule has 0 aromatic rings. The lowest BCUT2D eigenvalue weighted by Gasteiger charge is -2.30. The van der Waals surface area contributed by atoms with Crippen LogP contribution < -0.4 is 0 Å². The molecule has 80 valence electrons. The zero-order chi connectivity index (χ0) is 10.7. The van der Waals surface area contributed by atoms with E-state index < -0.39 is 30.9 Å². The van der Waals surface area contributed by atoms with E-state index in [2.05, 4.69) is 4.74 Å². The maximum atomic E-state index is 10.6. The molecule has 0 amide bonds. The van der Waals surface area contributed by atoms with Crippen LogP contribution in [0.3, 0.4) is 0 Å². The minimum absolute atomic E-state index is 0.158. The summed E-state index contributed by atoms with van der Waals surface area (Å²) in [5.41, 5.74) is 0. The largest absolute Gasteiger partial charge is 0.489 e. The zero-order valence-electron chi connectivity index (χ0n) is 7.58. The van der Waals surface area contributed by atoms with Crippen LogP contribution in [0.2, 0.25) is 0 Å². The number of carbonyl (C=O) groups is 1. The van der Waals surface area contributed by atoms with Gasteiger partial charge in [0.05, 0.1) is 6.61 Å². The first kappa shape index (κ1) is 11.0. The Balaban J connectivity index is 2.70. The van der Waals surface area contributed by atoms with Crippen molar-refractivity contribution in [2.24, 2.45) is 0 Å². The molecule has 1 aliphatic heterocycles. The minimum Gasteiger partial charge on any atom is -0.489 e. The Morgan fingerprint density at radius 1 is 1.64 bits per heavy atom. The molecule has 3 atom stereocenters. The highest BCUT2D eigenvalue weighted by molar-refractivity contribution is 5.67. The van der Waals surface area contributed by atoms with Crippen LogP contribution in [0.5, 0.6) is 0 Å². The molecule has 0 bridgehead atoms. The number of ether oxygens (including phenoxy) is 2. The van der Waals surface area contributed by atoms with Crippen molar-refractivity contribution < 1.29 is 29.6 Å². The van der Waals surface area contributed by atoms with E-state index in [0.29, 0.717) is 0 Å². The topological polar surface area (TPSA) is 96.2 Å². The fourth-order valence-electron chi connectivity index (χ4n) is 1.08. The molecule has 0 spiro atoms. The van der Waals surface area contributed by atoms with Crippen molar-refractivity contribution in [3.8, 4) is 0 Å². The molecule has 0 fully saturated rings. The van der Waals surface area contributed by atoms with Gasteiger partial charge in [0, 0.05) is 6.92 Å². The van der Waals surface area contributed by atoms with Gasteiger partial charge in [-0.1, -0.05) is 0 Å². The fraction of sp³-hybridized carbons (Fsp3) is 0.625. The molecule has 6 nitrogen and oxygen atoms in total. The second-order valence-electron chi connectivity index (χ2n) is 2.91. The van der Waals surface area contributed by atoms with E-state index in [0.717, 1.165) is 13.2 Å². The van der Waals surface area contributed by atoms with Gasteiger partial charge in [-0.05, 0) is 0 Å². The normalized spacial score (nSPS) is 31.7. The smallest absolute Gasteiger partial charge is 0.307 e. The van der Waals surface area contributed by atoms with E-state index in [9.17, 15) is 15.0 Å². The summed E-state index contributed by atoms with van der Waals surface area (Å²) >= 11 is 0. The zero-order valence-corrected chi connectivity index (χ0v) is 7.58. The van der Waals surface area contributed by atoms with E-state index in [1.807, 2.05) is 0 Å². The van der Waals surface area contributed by atoms with E-state index in [1.54, 1.807) is 0 Å². The molecule has 0 aromatic carbocycles. The Labute approximate surface area is 80.4 Å². The Hall–Kier alpha value is -1.11. The molecule has 0 unspecified atom stereocenters. The summed E-state index contributed by atoms with van der Waals surface area (Å²) in [7, 11) is 0. The number of carbonyl (C=O) groups excluding carboxylic acids is 1. The molecule has 1 aliphatic rings. The van der Waals surface area contributed by atoms with Crippen LogP contribution >= 0.6 is 0 Å². The van der Waals surface area contributed by atoms with E-state index in [4.69, 9.17) is 9.84 Å². The summed E-state index contributed by atoms with van der Waals surface area (Å²) in [4.78, 5) is 10.6. The highest BCUT2D eigenvalue weighted by Crippen LogP contribution is 2.19. The molecule has 14 heavy (non-hydrogen) atoms. The average molecular weight is 204 g/mol. The molecule has 3 N–H and O–H groups in total. The van der Waals surface area contributed by atoms with Gasteiger partial charge in [-0.15, -0.1) is 0 Å². The van der Waals surface area contributed by atoms with Crippen molar-refractivity contribution in [2.75, 3.05) is 6.61 Å². The first-order valence-corrected chi connectivity index (χ1v) is 4.07. The van der Waals surface area contributed by atoms with E-state index in [-0.39, 0.29) is 5.76 Å². The average Bonchev–Trinajstić information content (AvgIpc) is 2.13. The Kier molecular flexibility index (Phi) is 3.45. The van der Waals surface area contributed by atoms with Gasteiger partial charge in [0.1, 0.15) is 24.6 Å². The van der Waals surface area contributed by atoms with Crippen LogP contribution in [0.1, 0.15) is 6.92 Å². The molecule has 0 aromatic heterocycles. The molecule has 1 rings (SSSR count). The fourth-order valence-corrected chi connectivity index (χ4v) is 1.08. The van der Waals surface area contributed by atoms with Gasteiger partial charge in [-0.25, -0.2) is 0 Å². The minimum atomic E-state index is -1.36. The second-order valence-corrected chi connectivity index (χ2v) is 2.91. The molecule has 6 heteroatoms. The lowest BCUT2D eigenvalue weighted by Crippen LogP contribution is -2.45. The predicted molar refractivity (Wildman–Crippen MR) is 43.8 cm³/mol. The highest BCUT2D eigenvalue weighted by atomic mass is 16.6. The second kappa shape index (κ2) is 4.41. The maximum absolute atomic E-state index is 10.6. The Bertz CT molecular complexity index is 248. The van der Waals surface area contributed by atoms with Gasteiger partial charge in [-0.2, -0.15) is 0 Å². The first-order chi connectivity index (χ1) is 6.56. The van der Waals surface area contributed by atoms with Crippen molar-refractivity contribution in [3.05, 3.63) is 12.0 Å². The number of esters is 1. The van der Waals surface area contributed by atoms with E-state index in [1.165, 1.54) is 0 Å². The van der Waals surface area contributed by atoms with Crippen molar-refractivity contribution >= 4 is 5.97 Å².